The number of thioether (sulfide) groups is 1. The van der Waals surface area contributed by atoms with Crippen molar-refractivity contribution in [2.24, 2.45) is 0 Å². The van der Waals surface area contributed by atoms with Crippen LogP contribution in [0.25, 0.3) is 0 Å². The minimum atomic E-state index is -1.05. The normalized spacial score (nSPS) is 11.6. The van der Waals surface area contributed by atoms with Gasteiger partial charge in [0.05, 0.1) is 5.56 Å². The Hall–Kier alpha value is -1.75. The largest absolute Gasteiger partial charge is 0.480 e. The van der Waals surface area contributed by atoms with E-state index in [2.05, 4.69) is 11.4 Å². The van der Waals surface area contributed by atoms with Crippen molar-refractivity contribution < 1.29 is 14.7 Å². The first-order valence-electron chi connectivity index (χ1n) is 6.30. The lowest BCUT2D eigenvalue weighted by atomic mass is 10.2. The van der Waals surface area contributed by atoms with Gasteiger partial charge >= 0.3 is 5.97 Å². The Morgan fingerprint density at radius 2 is 2.00 bits per heavy atom. The van der Waals surface area contributed by atoms with Crippen LogP contribution in [0.4, 0.5) is 0 Å². The maximum Gasteiger partial charge on any atom is 0.325 e. The molecule has 20 heavy (non-hydrogen) atoms. The third-order valence-corrected chi connectivity index (χ3v) is 3.58. The number of amides is 1. The molecule has 4 nitrogen and oxygen atoms in total. The molecule has 1 amide bonds. The van der Waals surface area contributed by atoms with Crippen LogP contribution in [0.1, 0.15) is 31.1 Å². The van der Waals surface area contributed by atoms with E-state index >= 15 is 0 Å². The third-order valence-electron chi connectivity index (χ3n) is 2.58. The summed E-state index contributed by atoms with van der Waals surface area (Å²) in [5, 5.41) is 11.3. The molecular formula is C15H19NO3S. The van der Waals surface area contributed by atoms with Gasteiger partial charge < -0.3 is 10.4 Å². The second kappa shape index (κ2) is 7.75. The van der Waals surface area contributed by atoms with E-state index in [1.165, 1.54) is 12.5 Å². The van der Waals surface area contributed by atoms with Crippen LogP contribution in [0.15, 0.2) is 40.8 Å². The molecule has 0 saturated carbocycles. The van der Waals surface area contributed by atoms with Crippen LogP contribution in [-0.4, -0.2) is 28.8 Å². The van der Waals surface area contributed by atoms with Gasteiger partial charge in [0.2, 0.25) is 0 Å². The number of nitrogens with one attached hydrogen (secondary N) is 1. The number of hydrogen-bond acceptors (Lipinski definition) is 3. The SMILES string of the molecule is CC(C)=CCSc1ccccc1C(=O)NC(C)C(=O)O. The van der Waals surface area contributed by atoms with Gasteiger partial charge in [-0.2, -0.15) is 0 Å². The molecule has 1 rings (SSSR count). The highest BCUT2D eigenvalue weighted by atomic mass is 32.2. The van der Waals surface area contributed by atoms with E-state index < -0.39 is 12.0 Å². The molecule has 0 spiro atoms. The Labute approximate surface area is 123 Å². The Morgan fingerprint density at radius 3 is 2.60 bits per heavy atom. The topological polar surface area (TPSA) is 66.4 Å². The lowest BCUT2D eigenvalue weighted by Crippen LogP contribution is -2.38. The van der Waals surface area contributed by atoms with E-state index in [9.17, 15) is 9.59 Å². The number of hydrogen-bond donors (Lipinski definition) is 2. The molecule has 108 valence electrons. The van der Waals surface area contributed by atoms with Crippen molar-refractivity contribution in [2.75, 3.05) is 5.75 Å². The molecule has 0 heterocycles. The van der Waals surface area contributed by atoms with E-state index in [4.69, 9.17) is 5.11 Å². The minimum absolute atomic E-state index is 0.361. The number of carbonyl (C=O) groups excluding carboxylic acids is 1. The number of carbonyl (C=O) groups is 2. The molecule has 1 unspecified atom stereocenters. The Bertz CT molecular complexity index is 522. The lowest BCUT2D eigenvalue weighted by Gasteiger charge is -2.12. The van der Waals surface area contributed by atoms with Gasteiger partial charge in [0, 0.05) is 10.6 Å². The van der Waals surface area contributed by atoms with Gasteiger partial charge in [0.25, 0.3) is 5.91 Å². The maximum absolute atomic E-state index is 12.1. The smallest absolute Gasteiger partial charge is 0.325 e. The fourth-order valence-corrected chi connectivity index (χ4v) is 2.50. The van der Waals surface area contributed by atoms with Gasteiger partial charge in [-0.1, -0.05) is 23.8 Å². The number of benzene rings is 1. The minimum Gasteiger partial charge on any atom is -0.480 e. The number of carboxylic acids is 1. The fraction of sp³-hybridized carbons (Fsp3) is 0.333. The van der Waals surface area contributed by atoms with Crippen molar-refractivity contribution in [1.82, 2.24) is 5.32 Å². The zero-order chi connectivity index (χ0) is 15.1. The molecule has 0 aliphatic carbocycles. The highest BCUT2D eigenvalue weighted by Gasteiger charge is 2.17. The van der Waals surface area contributed by atoms with Crippen molar-refractivity contribution in [3.63, 3.8) is 0 Å². The predicted octanol–water partition coefficient (Wildman–Crippen LogP) is 2.95. The summed E-state index contributed by atoms with van der Waals surface area (Å²) >= 11 is 1.55. The van der Waals surface area contributed by atoms with Crippen molar-refractivity contribution >= 4 is 23.6 Å². The van der Waals surface area contributed by atoms with Crippen LogP contribution >= 0.6 is 11.8 Å². The zero-order valence-corrected chi connectivity index (χ0v) is 12.7. The lowest BCUT2D eigenvalue weighted by molar-refractivity contribution is -0.138. The first-order valence-corrected chi connectivity index (χ1v) is 7.29. The summed E-state index contributed by atoms with van der Waals surface area (Å²) in [4.78, 5) is 23.7. The number of allylic oxidation sites excluding steroid dienone is 1. The zero-order valence-electron chi connectivity index (χ0n) is 11.8. The Kier molecular flexibility index (Phi) is 6.31. The van der Waals surface area contributed by atoms with Crippen molar-refractivity contribution in [1.29, 1.82) is 0 Å². The third kappa shape index (κ3) is 5.09. The number of carboxylic acid groups (broad SMARTS) is 1. The molecule has 0 fully saturated rings. The molecule has 2 N–H and O–H groups in total. The molecule has 0 aliphatic heterocycles. The van der Waals surface area contributed by atoms with Gasteiger partial charge in [0.15, 0.2) is 0 Å². The number of rotatable bonds is 6. The summed E-state index contributed by atoms with van der Waals surface area (Å²) in [5.41, 5.74) is 1.73. The molecule has 0 radical (unpaired) electrons. The van der Waals surface area contributed by atoms with Crippen LogP contribution in [0, 0.1) is 0 Å². The average Bonchev–Trinajstić information content (AvgIpc) is 2.38. The molecule has 1 atom stereocenters. The standard InChI is InChI=1S/C15H19NO3S/c1-10(2)8-9-20-13-7-5-4-6-12(13)14(17)16-11(3)15(18)19/h4-8,11H,9H2,1-3H3,(H,16,17)(H,18,19). The van der Waals surface area contributed by atoms with E-state index in [1.54, 1.807) is 23.9 Å². The van der Waals surface area contributed by atoms with Crippen molar-refractivity contribution in [3.8, 4) is 0 Å². The van der Waals surface area contributed by atoms with Crippen LogP contribution in [-0.2, 0) is 4.79 Å². The van der Waals surface area contributed by atoms with Gasteiger partial charge in [-0.05, 0) is 32.9 Å². The van der Waals surface area contributed by atoms with Gasteiger partial charge in [-0.3, -0.25) is 9.59 Å². The second-order valence-corrected chi connectivity index (χ2v) is 5.68. The summed E-state index contributed by atoms with van der Waals surface area (Å²) in [5.74, 6) is -0.630. The number of aliphatic carboxylic acids is 1. The van der Waals surface area contributed by atoms with E-state index in [0.29, 0.717) is 5.56 Å². The predicted molar refractivity (Wildman–Crippen MR) is 81.2 cm³/mol. The van der Waals surface area contributed by atoms with E-state index in [1.807, 2.05) is 26.0 Å². The molecule has 0 bridgehead atoms. The van der Waals surface area contributed by atoms with Gasteiger partial charge in [-0.25, -0.2) is 0 Å². The molecule has 0 saturated heterocycles. The summed E-state index contributed by atoms with van der Waals surface area (Å²) in [7, 11) is 0. The van der Waals surface area contributed by atoms with Gasteiger partial charge in [0.1, 0.15) is 6.04 Å². The Balaban J connectivity index is 2.81. The summed E-state index contributed by atoms with van der Waals surface area (Å²) in [6.45, 7) is 5.49. The molecule has 5 heteroatoms. The summed E-state index contributed by atoms with van der Waals surface area (Å²) in [6, 6.07) is 6.30. The molecular weight excluding hydrogens is 274 g/mol. The molecule has 0 aliphatic rings. The average molecular weight is 293 g/mol. The fourth-order valence-electron chi connectivity index (χ4n) is 1.41. The monoisotopic (exact) mass is 293 g/mol. The van der Waals surface area contributed by atoms with Crippen LogP contribution in [0.3, 0.4) is 0 Å². The van der Waals surface area contributed by atoms with Crippen LogP contribution < -0.4 is 5.32 Å². The molecule has 0 aromatic heterocycles. The quantitative estimate of drug-likeness (QED) is 0.625. The summed E-state index contributed by atoms with van der Waals surface area (Å²) in [6.07, 6.45) is 2.08. The Morgan fingerprint density at radius 1 is 1.35 bits per heavy atom. The first kappa shape index (κ1) is 16.3. The second-order valence-electron chi connectivity index (χ2n) is 4.62. The van der Waals surface area contributed by atoms with Crippen LogP contribution in [0.5, 0.6) is 0 Å². The highest BCUT2D eigenvalue weighted by molar-refractivity contribution is 7.99. The molecule has 1 aromatic rings. The van der Waals surface area contributed by atoms with Crippen molar-refractivity contribution in [2.45, 2.75) is 31.7 Å². The summed E-state index contributed by atoms with van der Waals surface area (Å²) < 4.78 is 0. The van der Waals surface area contributed by atoms with Gasteiger partial charge in [-0.15, -0.1) is 11.8 Å². The molecule has 1 aromatic carbocycles. The van der Waals surface area contributed by atoms with Crippen LogP contribution in [0.2, 0.25) is 0 Å². The van der Waals surface area contributed by atoms with E-state index in [0.717, 1.165) is 10.6 Å². The first-order chi connectivity index (χ1) is 9.41. The van der Waals surface area contributed by atoms with E-state index in [-0.39, 0.29) is 5.91 Å². The highest BCUT2D eigenvalue weighted by Crippen LogP contribution is 2.23. The van der Waals surface area contributed by atoms with Crippen molar-refractivity contribution in [3.05, 3.63) is 41.5 Å². The maximum atomic E-state index is 12.1.